The van der Waals surface area contributed by atoms with E-state index in [0.717, 1.165) is 29.5 Å². The molecule has 3 nitrogen and oxygen atoms in total. The molecule has 0 saturated heterocycles. The molecule has 2 aromatic rings. The Balaban J connectivity index is 2.03. The van der Waals surface area contributed by atoms with Gasteiger partial charge >= 0.3 is 5.97 Å². The minimum absolute atomic E-state index is 0.222. The van der Waals surface area contributed by atoms with Gasteiger partial charge in [0.1, 0.15) is 11.5 Å². The van der Waals surface area contributed by atoms with Gasteiger partial charge in [-0.1, -0.05) is 30.3 Å². The summed E-state index contributed by atoms with van der Waals surface area (Å²) in [6.45, 7) is 0. The number of phenols is 1. The third-order valence-corrected chi connectivity index (χ3v) is 4.50. The fraction of sp³-hybridized carbons (Fsp3) is 0.235. The first-order valence-electron chi connectivity index (χ1n) is 6.82. The summed E-state index contributed by atoms with van der Waals surface area (Å²) in [6, 6.07) is 13.3. The van der Waals surface area contributed by atoms with Gasteiger partial charge < -0.3 is 9.84 Å². The maximum Gasteiger partial charge on any atom is 0.312 e. The van der Waals surface area contributed by atoms with Crippen molar-refractivity contribution in [1.82, 2.24) is 0 Å². The van der Waals surface area contributed by atoms with Gasteiger partial charge in [-0.15, -0.1) is 0 Å². The lowest BCUT2D eigenvalue weighted by atomic mass is 9.71. The summed E-state index contributed by atoms with van der Waals surface area (Å²) >= 11 is 0. The molecule has 1 N–H and O–H groups in total. The first-order valence-corrected chi connectivity index (χ1v) is 6.82. The van der Waals surface area contributed by atoms with Gasteiger partial charge in [0.2, 0.25) is 0 Å². The summed E-state index contributed by atoms with van der Waals surface area (Å²) in [6.07, 6.45) is 2.02. The minimum atomic E-state index is -0.424. The average molecular weight is 266 g/mol. The molecule has 1 aliphatic carbocycles. The van der Waals surface area contributed by atoms with E-state index in [9.17, 15) is 9.90 Å². The predicted molar refractivity (Wildman–Crippen MR) is 73.9 cm³/mol. The lowest BCUT2D eigenvalue weighted by molar-refractivity contribution is -0.136. The number of fused-ring (bicyclic) bond motifs is 4. The van der Waals surface area contributed by atoms with Gasteiger partial charge in [-0.25, -0.2) is 0 Å². The second-order valence-electron chi connectivity index (χ2n) is 5.54. The van der Waals surface area contributed by atoms with E-state index in [0.29, 0.717) is 12.2 Å². The molecule has 1 atom stereocenters. The van der Waals surface area contributed by atoms with E-state index in [1.807, 2.05) is 36.4 Å². The zero-order chi connectivity index (χ0) is 13.7. The second kappa shape index (κ2) is 3.85. The van der Waals surface area contributed by atoms with Gasteiger partial charge in [0.15, 0.2) is 0 Å². The molecule has 1 spiro atoms. The van der Waals surface area contributed by atoms with Crippen LogP contribution in [-0.4, -0.2) is 11.1 Å². The summed E-state index contributed by atoms with van der Waals surface area (Å²) in [5, 5.41) is 10.3. The molecule has 1 heterocycles. The number of hydrogen-bond acceptors (Lipinski definition) is 3. The van der Waals surface area contributed by atoms with Crippen LogP contribution in [0.1, 0.15) is 29.5 Å². The Morgan fingerprint density at radius 3 is 2.85 bits per heavy atom. The highest BCUT2D eigenvalue weighted by Crippen LogP contribution is 2.54. The average Bonchev–Trinajstić information content (AvgIpc) is 2.80. The van der Waals surface area contributed by atoms with Crippen LogP contribution in [0, 0.1) is 0 Å². The zero-order valence-corrected chi connectivity index (χ0v) is 10.9. The molecule has 1 aliphatic heterocycles. The maximum atomic E-state index is 12.0. The third kappa shape index (κ3) is 1.38. The van der Waals surface area contributed by atoms with Crippen LogP contribution < -0.4 is 4.74 Å². The van der Waals surface area contributed by atoms with E-state index >= 15 is 0 Å². The van der Waals surface area contributed by atoms with E-state index in [2.05, 4.69) is 0 Å². The molecule has 20 heavy (non-hydrogen) atoms. The van der Waals surface area contributed by atoms with E-state index < -0.39 is 5.41 Å². The first-order chi connectivity index (χ1) is 9.71. The van der Waals surface area contributed by atoms with Gasteiger partial charge in [-0.05, 0) is 30.5 Å². The molecule has 100 valence electrons. The van der Waals surface area contributed by atoms with Crippen molar-refractivity contribution in [2.75, 3.05) is 0 Å². The summed E-state index contributed by atoms with van der Waals surface area (Å²) in [5.41, 5.74) is 2.63. The normalized spacial score (nSPS) is 23.3. The molecule has 0 amide bonds. The van der Waals surface area contributed by atoms with Crippen LogP contribution in [0.3, 0.4) is 0 Å². The molecule has 2 aromatic carbocycles. The highest BCUT2D eigenvalue weighted by Gasteiger charge is 2.48. The molecule has 0 bridgehead atoms. The van der Waals surface area contributed by atoms with Crippen molar-refractivity contribution in [3.05, 3.63) is 59.2 Å². The highest BCUT2D eigenvalue weighted by atomic mass is 16.5. The number of para-hydroxylation sites is 1. The quantitative estimate of drug-likeness (QED) is 0.589. The van der Waals surface area contributed by atoms with Crippen LogP contribution in [0.2, 0.25) is 0 Å². The number of ether oxygens (including phenoxy) is 1. The largest absolute Gasteiger partial charge is 0.508 e. The highest BCUT2D eigenvalue weighted by molar-refractivity contribution is 5.80. The molecule has 1 unspecified atom stereocenters. The maximum absolute atomic E-state index is 12.0. The summed E-state index contributed by atoms with van der Waals surface area (Å²) < 4.78 is 5.35. The lowest BCUT2D eigenvalue weighted by Gasteiger charge is -2.35. The number of hydrogen-bond donors (Lipinski definition) is 1. The van der Waals surface area contributed by atoms with E-state index in [-0.39, 0.29) is 11.7 Å². The monoisotopic (exact) mass is 266 g/mol. The lowest BCUT2D eigenvalue weighted by Crippen LogP contribution is -2.35. The Morgan fingerprint density at radius 2 is 1.95 bits per heavy atom. The van der Waals surface area contributed by atoms with Gasteiger partial charge in [-0.2, -0.15) is 0 Å². The first kappa shape index (κ1) is 11.5. The molecule has 0 radical (unpaired) electrons. The van der Waals surface area contributed by atoms with Crippen molar-refractivity contribution < 1.29 is 14.6 Å². The molecule has 0 aromatic heterocycles. The summed E-state index contributed by atoms with van der Waals surface area (Å²) in [7, 11) is 0. The van der Waals surface area contributed by atoms with Crippen molar-refractivity contribution >= 4 is 5.97 Å². The Hall–Kier alpha value is -2.29. The van der Waals surface area contributed by atoms with Crippen LogP contribution in [0.5, 0.6) is 11.5 Å². The van der Waals surface area contributed by atoms with Crippen LogP contribution in [0.15, 0.2) is 42.5 Å². The van der Waals surface area contributed by atoms with Crippen LogP contribution in [0.25, 0.3) is 0 Å². The number of aryl methyl sites for hydroxylation is 1. The second-order valence-corrected chi connectivity index (χ2v) is 5.54. The van der Waals surface area contributed by atoms with Gasteiger partial charge in [0.25, 0.3) is 0 Å². The molecular formula is C17H14O3. The summed E-state index contributed by atoms with van der Waals surface area (Å²) in [5.74, 6) is 0.684. The summed E-state index contributed by atoms with van der Waals surface area (Å²) in [4.78, 5) is 12.0. The Kier molecular flexibility index (Phi) is 2.22. The van der Waals surface area contributed by atoms with Crippen LogP contribution >= 0.6 is 0 Å². The van der Waals surface area contributed by atoms with Crippen molar-refractivity contribution in [2.45, 2.75) is 24.7 Å². The van der Waals surface area contributed by atoms with Crippen LogP contribution in [0.4, 0.5) is 0 Å². The zero-order valence-electron chi connectivity index (χ0n) is 10.9. The minimum Gasteiger partial charge on any atom is -0.508 e. The van der Waals surface area contributed by atoms with Gasteiger partial charge in [0, 0.05) is 16.5 Å². The number of rotatable bonds is 0. The SMILES string of the molecule is O=C1CC2(CCc3cccc(O)c32)c2ccccc2O1. The smallest absolute Gasteiger partial charge is 0.312 e. The van der Waals surface area contributed by atoms with E-state index in [1.165, 1.54) is 0 Å². The molecule has 0 fully saturated rings. The predicted octanol–water partition coefficient (Wildman–Crippen LogP) is 2.93. The number of aromatic hydroxyl groups is 1. The molecule has 3 heteroatoms. The standard InChI is InChI=1S/C17H14O3/c18-13-6-3-4-11-8-9-17(16(11)13)10-15(19)20-14-7-2-1-5-12(14)17/h1-7,18H,8-10H2. The fourth-order valence-corrected chi connectivity index (χ4v) is 3.72. The third-order valence-electron chi connectivity index (χ3n) is 4.50. The van der Waals surface area contributed by atoms with Crippen molar-refractivity contribution in [3.8, 4) is 11.5 Å². The van der Waals surface area contributed by atoms with E-state index in [1.54, 1.807) is 6.07 Å². The van der Waals surface area contributed by atoms with Crippen molar-refractivity contribution in [3.63, 3.8) is 0 Å². The number of carbonyl (C=O) groups is 1. The Morgan fingerprint density at radius 1 is 1.10 bits per heavy atom. The molecule has 4 rings (SSSR count). The molecule has 2 aliphatic rings. The number of esters is 1. The number of benzene rings is 2. The van der Waals surface area contributed by atoms with Gasteiger partial charge in [-0.3, -0.25) is 4.79 Å². The van der Waals surface area contributed by atoms with Crippen molar-refractivity contribution in [1.29, 1.82) is 0 Å². The Labute approximate surface area is 116 Å². The molecular weight excluding hydrogens is 252 g/mol. The van der Waals surface area contributed by atoms with Crippen LogP contribution in [-0.2, 0) is 16.6 Å². The Bertz CT molecular complexity index is 720. The molecule has 0 saturated carbocycles. The number of phenolic OH excluding ortho intramolecular Hbond substituents is 1. The van der Waals surface area contributed by atoms with Crippen molar-refractivity contribution in [2.24, 2.45) is 0 Å². The van der Waals surface area contributed by atoms with E-state index in [4.69, 9.17) is 4.74 Å². The number of carbonyl (C=O) groups excluding carboxylic acids is 1. The topological polar surface area (TPSA) is 46.5 Å². The fourth-order valence-electron chi connectivity index (χ4n) is 3.72. The van der Waals surface area contributed by atoms with Gasteiger partial charge in [0.05, 0.1) is 6.42 Å².